The Morgan fingerprint density at radius 2 is 1.76 bits per heavy atom. The molecule has 2 aromatic carbocycles. The molecule has 0 saturated carbocycles. The van der Waals surface area contributed by atoms with Gasteiger partial charge in [-0.15, -0.1) is 0 Å². The van der Waals surface area contributed by atoms with Crippen LogP contribution in [0, 0.1) is 0 Å². The van der Waals surface area contributed by atoms with Crippen LogP contribution >= 0.6 is 7.60 Å². The predicted molar refractivity (Wildman–Crippen MR) is 102 cm³/mol. The summed E-state index contributed by atoms with van der Waals surface area (Å²) in [6, 6.07) is 15.4. The van der Waals surface area contributed by atoms with Crippen molar-refractivity contribution in [2.24, 2.45) is 0 Å². The van der Waals surface area contributed by atoms with Crippen LogP contribution in [0.5, 0.6) is 0 Å². The van der Waals surface area contributed by atoms with E-state index in [0.29, 0.717) is 18.5 Å². The molecule has 3 aromatic rings. The van der Waals surface area contributed by atoms with E-state index in [2.05, 4.69) is 10.2 Å². The Kier molecular flexibility index (Phi) is 5.49. The number of aromatic nitrogens is 2. The number of hydrogen-bond donors (Lipinski definition) is 1. The summed E-state index contributed by atoms with van der Waals surface area (Å²) in [5.41, 5.74) is 2.74. The van der Waals surface area contributed by atoms with Crippen LogP contribution in [-0.4, -0.2) is 23.4 Å². The summed E-state index contributed by atoms with van der Waals surface area (Å²) in [7, 11) is -3.31. The highest BCUT2D eigenvalue weighted by Crippen LogP contribution is 2.47. The second-order valence-corrected chi connectivity index (χ2v) is 7.44. The maximum absolute atomic E-state index is 13.0. The van der Waals surface area contributed by atoms with E-state index >= 15 is 0 Å². The molecule has 0 radical (unpaired) electrons. The smallest absolute Gasteiger partial charge is 0.305 e. The largest absolute Gasteiger partial charge is 0.361 e. The maximum atomic E-state index is 13.0. The molecule has 6 heteroatoms. The van der Waals surface area contributed by atoms with Crippen molar-refractivity contribution >= 4 is 36.0 Å². The number of fused-ring (bicyclic) bond motifs is 1. The minimum Gasteiger partial charge on any atom is -0.305 e. The fourth-order valence-electron chi connectivity index (χ4n) is 2.59. The Hall–Kier alpha value is -2.20. The Bertz CT molecular complexity index is 909. The average molecular weight is 356 g/mol. The zero-order chi connectivity index (χ0) is 17.7. The van der Waals surface area contributed by atoms with E-state index in [1.54, 1.807) is 19.9 Å². The van der Waals surface area contributed by atoms with E-state index in [-0.39, 0.29) is 0 Å². The van der Waals surface area contributed by atoms with Gasteiger partial charge in [-0.05, 0) is 43.7 Å². The van der Waals surface area contributed by atoms with Crippen molar-refractivity contribution in [3.63, 3.8) is 0 Å². The molecule has 0 spiro atoms. The molecule has 130 valence electrons. The van der Waals surface area contributed by atoms with E-state index in [4.69, 9.17) is 9.05 Å². The third kappa shape index (κ3) is 3.90. The first-order valence-corrected chi connectivity index (χ1v) is 9.81. The van der Waals surface area contributed by atoms with Gasteiger partial charge in [0, 0.05) is 5.39 Å². The van der Waals surface area contributed by atoms with E-state index in [1.807, 2.05) is 54.6 Å². The molecule has 1 heterocycles. The molecule has 0 fully saturated rings. The van der Waals surface area contributed by atoms with Crippen molar-refractivity contribution < 1.29 is 13.6 Å². The maximum Gasteiger partial charge on any atom is 0.361 e. The molecule has 0 unspecified atom stereocenters. The van der Waals surface area contributed by atoms with Crippen LogP contribution in [-0.2, 0) is 13.6 Å². The number of hydrogen-bond acceptors (Lipinski definition) is 4. The molecule has 0 aliphatic carbocycles. The quantitative estimate of drug-likeness (QED) is 0.627. The van der Waals surface area contributed by atoms with Gasteiger partial charge in [-0.25, -0.2) is 0 Å². The third-order valence-electron chi connectivity index (χ3n) is 3.72. The monoisotopic (exact) mass is 356 g/mol. The predicted octanol–water partition coefficient (Wildman–Crippen LogP) is 4.62. The number of nitrogens with zero attached hydrogens (tertiary/aromatic N) is 1. The molecule has 1 N–H and O–H groups in total. The second-order valence-electron chi connectivity index (χ2n) is 5.42. The number of nitrogens with one attached hydrogen (secondary N) is 1. The number of aromatic amines is 1. The summed E-state index contributed by atoms with van der Waals surface area (Å²) in [5.74, 6) is 0. The van der Waals surface area contributed by atoms with Gasteiger partial charge in [0.15, 0.2) is 0 Å². The van der Waals surface area contributed by atoms with Crippen molar-refractivity contribution in [3.05, 3.63) is 59.8 Å². The first-order valence-electron chi connectivity index (χ1n) is 8.27. The van der Waals surface area contributed by atoms with E-state index in [9.17, 15) is 4.57 Å². The number of benzene rings is 2. The van der Waals surface area contributed by atoms with Gasteiger partial charge >= 0.3 is 7.60 Å². The molecule has 0 atom stereocenters. The zero-order valence-electron chi connectivity index (χ0n) is 14.3. The molecule has 0 amide bonds. The van der Waals surface area contributed by atoms with Crippen LogP contribution < -0.4 is 5.30 Å². The van der Waals surface area contributed by atoms with Crippen LogP contribution in [0.25, 0.3) is 23.1 Å². The molecular formula is C19H21N2O3P. The van der Waals surface area contributed by atoms with Crippen molar-refractivity contribution in [1.82, 2.24) is 10.2 Å². The first-order chi connectivity index (χ1) is 12.2. The minimum absolute atomic E-state index is 0.321. The van der Waals surface area contributed by atoms with Gasteiger partial charge < -0.3 is 9.05 Å². The molecule has 5 nitrogen and oxygen atoms in total. The normalized spacial score (nSPS) is 12.2. The highest BCUT2D eigenvalue weighted by Gasteiger charge is 2.27. The van der Waals surface area contributed by atoms with Crippen molar-refractivity contribution in [3.8, 4) is 0 Å². The standard InChI is InChI=1S/C19H21N2O3P/c1-3-23-25(22,24-4-2)16-11-13-19-17(14-16)18(20-21-19)12-10-15-8-6-5-7-9-15/h5-14H,3-4H2,1-2H3,(H,20,21)/b12-10+. The zero-order valence-corrected chi connectivity index (χ0v) is 15.2. The molecule has 25 heavy (non-hydrogen) atoms. The lowest BCUT2D eigenvalue weighted by Crippen LogP contribution is -2.10. The molecule has 1 aromatic heterocycles. The van der Waals surface area contributed by atoms with E-state index in [1.165, 1.54) is 0 Å². The Balaban J connectivity index is 1.99. The Morgan fingerprint density at radius 3 is 2.44 bits per heavy atom. The minimum atomic E-state index is -3.31. The van der Waals surface area contributed by atoms with Crippen LogP contribution in [0.1, 0.15) is 25.1 Å². The number of rotatable bonds is 7. The second kappa shape index (κ2) is 7.79. The summed E-state index contributed by atoms with van der Waals surface area (Å²) in [6.07, 6.45) is 3.93. The number of H-pyrrole nitrogens is 1. The molecule has 0 saturated heterocycles. The fourth-order valence-corrected chi connectivity index (χ4v) is 4.18. The van der Waals surface area contributed by atoms with Crippen LogP contribution in [0.3, 0.4) is 0 Å². The fraction of sp³-hybridized carbons (Fsp3) is 0.211. The van der Waals surface area contributed by atoms with Gasteiger partial charge in [-0.3, -0.25) is 9.66 Å². The first kappa shape index (κ1) is 17.6. The summed E-state index contributed by atoms with van der Waals surface area (Å²) in [5, 5.41) is 8.76. The summed E-state index contributed by atoms with van der Waals surface area (Å²) < 4.78 is 23.8. The van der Waals surface area contributed by atoms with Crippen LogP contribution in [0.2, 0.25) is 0 Å². The lowest BCUT2D eigenvalue weighted by Gasteiger charge is -2.17. The van der Waals surface area contributed by atoms with Gasteiger partial charge in [-0.1, -0.05) is 36.4 Å². The van der Waals surface area contributed by atoms with Crippen LogP contribution in [0.15, 0.2) is 48.5 Å². The van der Waals surface area contributed by atoms with Gasteiger partial charge in [0.1, 0.15) is 0 Å². The summed E-state index contributed by atoms with van der Waals surface area (Å²) in [4.78, 5) is 0. The molecule has 0 bridgehead atoms. The van der Waals surface area contributed by atoms with Gasteiger partial charge in [0.25, 0.3) is 0 Å². The van der Waals surface area contributed by atoms with Crippen molar-refractivity contribution in [2.75, 3.05) is 13.2 Å². The van der Waals surface area contributed by atoms with E-state index in [0.717, 1.165) is 22.2 Å². The summed E-state index contributed by atoms with van der Waals surface area (Å²) >= 11 is 0. The molecule has 3 rings (SSSR count). The van der Waals surface area contributed by atoms with E-state index < -0.39 is 7.60 Å². The van der Waals surface area contributed by atoms with Crippen LogP contribution in [0.4, 0.5) is 0 Å². The van der Waals surface area contributed by atoms with Gasteiger partial charge in [-0.2, -0.15) is 5.10 Å². The lowest BCUT2D eigenvalue weighted by atomic mass is 10.1. The van der Waals surface area contributed by atoms with Gasteiger partial charge in [0.2, 0.25) is 0 Å². The topological polar surface area (TPSA) is 64.2 Å². The molecular weight excluding hydrogens is 335 g/mol. The highest BCUT2D eigenvalue weighted by molar-refractivity contribution is 7.62. The highest BCUT2D eigenvalue weighted by atomic mass is 31.2. The summed E-state index contributed by atoms with van der Waals surface area (Å²) in [6.45, 7) is 4.25. The average Bonchev–Trinajstić information content (AvgIpc) is 3.03. The van der Waals surface area contributed by atoms with Crippen molar-refractivity contribution in [2.45, 2.75) is 13.8 Å². The Morgan fingerprint density at radius 1 is 1.04 bits per heavy atom. The SMILES string of the molecule is CCOP(=O)(OCC)c1ccc2[nH]nc(/C=C/c3ccccc3)c2c1. The molecule has 0 aliphatic heterocycles. The lowest BCUT2D eigenvalue weighted by molar-refractivity contribution is 0.230. The van der Waals surface area contributed by atoms with Gasteiger partial charge in [0.05, 0.1) is 29.7 Å². The molecule has 0 aliphatic rings. The Labute approximate surface area is 147 Å². The van der Waals surface area contributed by atoms with Crippen molar-refractivity contribution in [1.29, 1.82) is 0 Å². The third-order valence-corrected chi connectivity index (χ3v) is 5.83.